The van der Waals surface area contributed by atoms with Crippen molar-refractivity contribution in [3.63, 3.8) is 0 Å². The van der Waals surface area contributed by atoms with Crippen LogP contribution in [0.4, 0.5) is 5.69 Å². The molecule has 0 atom stereocenters. The van der Waals surface area contributed by atoms with Crippen LogP contribution in [0.25, 0.3) is 0 Å². The van der Waals surface area contributed by atoms with E-state index in [0.29, 0.717) is 17.8 Å². The minimum absolute atomic E-state index is 0.0564. The van der Waals surface area contributed by atoms with Crippen LogP contribution in [0.15, 0.2) is 47.4 Å². The van der Waals surface area contributed by atoms with Crippen LogP contribution in [0.5, 0.6) is 0 Å². The highest BCUT2D eigenvalue weighted by molar-refractivity contribution is 14.1. The number of carbonyl (C=O) groups excluding carboxylic acids is 1. The van der Waals surface area contributed by atoms with E-state index < -0.39 is 0 Å². The predicted octanol–water partition coefficient (Wildman–Crippen LogP) is 3.12. The summed E-state index contributed by atoms with van der Waals surface area (Å²) in [5, 5.41) is 2.81. The van der Waals surface area contributed by atoms with Gasteiger partial charge in [0.25, 0.3) is 11.5 Å². The lowest BCUT2D eigenvalue weighted by Gasteiger charge is -2.09. The van der Waals surface area contributed by atoms with E-state index in [1.165, 1.54) is 6.07 Å². The summed E-state index contributed by atoms with van der Waals surface area (Å²) < 4.78 is 2.61. The van der Waals surface area contributed by atoms with Crippen molar-refractivity contribution in [1.82, 2.24) is 4.57 Å². The highest BCUT2D eigenvalue weighted by Gasteiger charge is 2.07. The van der Waals surface area contributed by atoms with E-state index in [9.17, 15) is 9.59 Å². The maximum atomic E-state index is 12.1. The minimum Gasteiger partial charge on any atom is -0.321 e. The van der Waals surface area contributed by atoms with Gasteiger partial charge in [-0.25, -0.2) is 0 Å². The fraction of sp³-hybridized carbons (Fsp3) is 0.200. The van der Waals surface area contributed by atoms with E-state index >= 15 is 0 Å². The fourth-order valence-corrected chi connectivity index (χ4v) is 2.40. The molecule has 0 radical (unpaired) electrons. The molecule has 4 nitrogen and oxygen atoms in total. The van der Waals surface area contributed by atoms with Crippen LogP contribution in [0.3, 0.4) is 0 Å². The molecule has 20 heavy (non-hydrogen) atoms. The van der Waals surface area contributed by atoms with Crippen molar-refractivity contribution in [3.8, 4) is 0 Å². The number of halogens is 1. The Kier molecular flexibility index (Phi) is 4.94. The van der Waals surface area contributed by atoms with Crippen molar-refractivity contribution in [2.24, 2.45) is 0 Å². The molecule has 0 aliphatic carbocycles. The number of nitrogens with zero attached hydrogens (tertiary/aromatic N) is 1. The Balaban J connectivity index is 2.19. The molecule has 1 N–H and O–H groups in total. The molecule has 0 aliphatic heterocycles. The van der Waals surface area contributed by atoms with Crippen LogP contribution < -0.4 is 10.9 Å². The predicted molar refractivity (Wildman–Crippen MR) is 88.1 cm³/mol. The van der Waals surface area contributed by atoms with Crippen molar-refractivity contribution >= 4 is 34.2 Å². The monoisotopic (exact) mass is 382 g/mol. The molecule has 104 valence electrons. The molecule has 1 heterocycles. The van der Waals surface area contributed by atoms with Crippen LogP contribution in [-0.2, 0) is 6.54 Å². The molecule has 2 aromatic rings. The first-order valence-electron chi connectivity index (χ1n) is 6.37. The number of nitrogens with one attached hydrogen (secondary N) is 1. The number of hydrogen-bond acceptors (Lipinski definition) is 2. The number of anilines is 1. The lowest BCUT2D eigenvalue weighted by molar-refractivity contribution is 0.102. The third kappa shape index (κ3) is 3.69. The van der Waals surface area contributed by atoms with Crippen molar-refractivity contribution in [3.05, 3.63) is 62.1 Å². The molecule has 1 amide bonds. The Morgan fingerprint density at radius 2 is 2.10 bits per heavy atom. The van der Waals surface area contributed by atoms with E-state index in [1.54, 1.807) is 22.9 Å². The summed E-state index contributed by atoms with van der Waals surface area (Å²) >= 11 is 2.16. The average molecular weight is 382 g/mol. The van der Waals surface area contributed by atoms with Gasteiger partial charge in [-0.1, -0.05) is 13.0 Å². The quantitative estimate of drug-likeness (QED) is 0.827. The Labute approximate surface area is 131 Å². The normalized spacial score (nSPS) is 10.3. The number of carbonyl (C=O) groups is 1. The maximum Gasteiger partial charge on any atom is 0.255 e. The van der Waals surface area contributed by atoms with Crippen LogP contribution in [0.1, 0.15) is 23.7 Å². The summed E-state index contributed by atoms with van der Waals surface area (Å²) in [5.74, 6) is -0.176. The van der Waals surface area contributed by atoms with Crippen molar-refractivity contribution in [2.75, 3.05) is 5.32 Å². The van der Waals surface area contributed by atoms with E-state index in [2.05, 4.69) is 27.9 Å². The first kappa shape index (κ1) is 14.8. The lowest BCUT2D eigenvalue weighted by Crippen LogP contribution is -2.20. The SMILES string of the molecule is CCCn1cc(NC(=O)c2cccc(I)c2)ccc1=O. The van der Waals surface area contributed by atoms with Crippen molar-refractivity contribution < 1.29 is 4.79 Å². The number of amides is 1. The zero-order valence-electron chi connectivity index (χ0n) is 11.1. The van der Waals surface area contributed by atoms with Crippen LogP contribution >= 0.6 is 22.6 Å². The molecule has 0 unspecified atom stereocenters. The first-order chi connectivity index (χ1) is 9.60. The molecule has 1 aromatic carbocycles. The molecular formula is C15H15IN2O2. The summed E-state index contributed by atoms with van der Waals surface area (Å²) in [4.78, 5) is 23.7. The van der Waals surface area contributed by atoms with Gasteiger partial charge in [0, 0.05) is 27.9 Å². The molecule has 0 spiro atoms. The summed E-state index contributed by atoms with van der Waals surface area (Å²) in [5.41, 5.74) is 1.17. The third-order valence-electron chi connectivity index (χ3n) is 2.79. The summed E-state index contributed by atoms with van der Waals surface area (Å²) in [6.45, 7) is 2.65. The third-order valence-corrected chi connectivity index (χ3v) is 3.46. The van der Waals surface area contributed by atoms with Crippen LogP contribution in [-0.4, -0.2) is 10.5 Å². The van der Waals surface area contributed by atoms with E-state index in [-0.39, 0.29) is 11.5 Å². The van der Waals surface area contributed by atoms with Gasteiger partial charge in [0.05, 0.1) is 5.69 Å². The van der Waals surface area contributed by atoms with E-state index in [1.807, 2.05) is 25.1 Å². The number of aromatic nitrogens is 1. The van der Waals surface area contributed by atoms with Gasteiger partial charge in [-0.2, -0.15) is 0 Å². The topological polar surface area (TPSA) is 51.1 Å². The van der Waals surface area contributed by atoms with Crippen molar-refractivity contribution in [2.45, 2.75) is 19.9 Å². The second-order valence-corrected chi connectivity index (χ2v) is 5.66. The molecular weight excluding hydrogens is 367 g/mol. The molecule has 0 saturated heterocycles. The minimum atomic E-state index is -0.176. The smallest absolute Gasteiger partial charge is 0.255 e. The summed E-state index contributed by atoms with van der Waals surface area (Å²) in [7, 11) is 0. The number of benzene rings is 1. The molecule has 2 rings (SSSR count). The van der Waals surface area contributed by atoms with Gasteiger partial charge in [-0.15, -0.1) is 0 Å². The fourth-order valence-electron chi connectivity index (χ4n) is 1.85. The number of hydrogen-bond donors (Lipinski definition) is 1. The van der Waals surface area contributed by atoms with Gasteiger partial charge in [0.1, 0.15) is 0 Å². The van der Waals surface area contributed by atoms with Gasteiger partial charge in [-0.05, 0) is 53.3 Å². The van der Waals surface area contributed by atoms with E-state index in [0.717, 1.165) is 9.99 Å². The lowest BCUT2D eigenvalue weighted by atomic mass is 10.2. The van der Waals surface area contributed by atoms with Gasteiger partial charge < -0.3 is 9.88 Å². The second kappa shape index (κ2) is 6.69. The van der Waals surface area contributed by atoms with E-state index in [4.69, 9.17) is 0 Å². The zero-order chi connectivity index (χ0) is 14.5. The number of rotatable bonds is 4. The zero-order valence-corrected chi connectivity index (χ0v) is 13.3. The molecule has 0 aliphatic rings. The van der Waals surface area contributed by atoms with Crippen LogP contribution in [0, 0.1) is 3.57 Å². The molecule has 1 aromatic heterocycles. The maximum absolute atomic E-state index is 12.1. The molecule has 0 bridgehead atoms. The highest BCUT2D eigenvalue weighted by Crippen LogP contribution is 2.11. The number of aryl methyl sites for hydroxylation is 1. The average Bonchev–Trinajstić information content (AvgIpc) is 2.43. The Morgan fingerprint density at radius 3 is 2.80 bits per heavy atom. The Morgan fingerprint density at radius 1 is 1.30 bits per heavy atom. The van der Waals surface area contributed by atoms with Gasteiger partial charge in [0.2, 0.25) is 0 Å². The molecule has 0 saturated carbocycles. The molecule has 5 heteroatoms. The van der Waals surface area contributed by atoms with Gasteiger partial charge in [0.15, 0.2) is 0 Å². The standard InChI is InChI=1S/C15H15IN2O2/c1-2-8-18-10-13(6-7-14(18)19)17-15(20)11-4-3-5-12(16)9-11/h3-7,9-10H,2,8H2,1H3,(H,17,20). The Bertz CT molecular complexity index is 680. The van der Waals surface area contributed by atoms with Crippen molar-refractivity contribution in [1.29, 1.82) is 0 Å². The van der Waals surface area contributed by atoms with Gasteiger partial charge >= 0.3 is 0 Å². The summed E-state index contributed by atoms with van der Waals surface area (Å²) in [6.07, 6.45) is 2.55. The Hall–Kier alpha value is -1.63. The molecule has 0 fully saturated rings. The highest BCUT2D eigenvalue weighted by atomic mass is 127. The number of pyridine rings is 1. The van der Waals surface area contributed by atoms with Crippen LogP contribution in [0.2, 0.25) is 0 Å². The van der Waals surface area contributed by atoms with Gasteiger partial charge in [-0.3, -0.25) is 9.59 Å². The first-order valence-corrected chi connectivity index (χ1v) is 7.45. The summed E-state index contributed by atoms with van der Waals surface area (Å²) in [6, 6.07) is 10.4. The largest absolute Gasteiger partial charge is 0.321 e. The second-order valence-electron chi connectivity index (χ2n) is 4.41.